The van der Waals surface area contributed by atoms with Crippen molar-refractivity contribution in [1.29, 1.82) is 0 Å². The number of nitro groups is 1. The molecule has 3 heterocycles. The van der Waals surface area contributed by atoms with E-state index in [9.17, 15) is 23.3 Å². The van der Waals surface area contributed by atoms with E-state index in [2.05, 4.69) is 20.3 Å². The Labute approximate surface area is 155 Å². The van der Waals surface area contributed by atoms with E-state index < -0.39 is 22.4 Å². The van der Waals surface area contributed by atoms with Crippen LogP contribution in [0, 0.1) is 10.1 Å². The number of hydrogen-bond donors (Lipinski definition) is 1. The van der Waals surface area contributed by atoms with Crippen LogP contribution in [0.15, 0.2) is 18.6 Å². The summed E-state index contributed by atoms with van der Waals surface area (Å²) in [5, 5.41) is 13.7. The van der Waals surface area contributed by atoms with E-state index >= 15 is 0 Å². The summed E-state index contributed by atoms with van der Waals surface area (Å²) in [5.74, 6) is -0.353. The van der Waals surface area contributed by atoms with Gasteiger partial charge in [0.2, 0.25) is 11.6 Å². The molecule has 0 bridgehead atoms. The molecule has 0 radical (unpaired) electrons. The number of morpholine rings is 1. The molecule has 0 amide bonds. The Balaban J connectivity index is 1.96. The van der Waals surface area contributed by atoms with Crippen molar-refractivity contribution >= 4 is 34.7 Å². The Morgan fingerprint density at radius 1 is 1.22 bits per heavy atom. The Bertz CT molecular complexity index is 860. The molecule has 1 fully saturated rings. The predicted octanol–water partition coefficient (Wildman–Crippen LogP) is 3.03. The van der Waals surface area contributed by atoms with Gasteiger partial charge in [0.15, 0.2) is 5.82 Å². The lowest BCUT2D eigenvalue weighted by molar-refractivity contribution is -0.383. The second-order valence-corrected chi connectivity index (χ2v) is 5.84. The first-order chi connectivity index (χ1) is 12.8. The van der Waals surface area contributed by atoms with E-state index in [1.807, 2.05) is 0 Å². The van der Waals surface area contributed by atoms with Gasteiger partial charge in [-0.15, -0.1) is 0 Å². The molecule has 0 aliphatic carbocycles. The Hall–Kier alpha value is -2.73. The molecule has 27 heavy (non-hydrogen) atoms. The number of alkyl halides is 3. The summed E-state index contributed by atoms with van der Waals surface area (Å²) >= 11 is 5.84. The molecule has 0 unspecified atom stereocenters. The second-order valence-electron chi connectivity index (χ2n) is 5.43. The van der Waals surface area contributed by atoms with Gasteiger partial charge in [-0.3, -0.25) is 10.1 Å². The Morgan fingerprint density at radius 3 is 2.52 bits per heavy atom. The molecule has 9 nitrogen and oxygen atoms in total. The monoisotopic (exact) mass is 404 g/mol. The number of ether oxygens (including phenoxy) is 1. The van der Waals surface area contributed by atoms with Gasteiger partial charge in [0, 0.05) is 19.3 Å². The lowest BCUT2D eigenvalue weighted by Crippen LogP contribution is -2.37. The van der Waals surface area contributed by atoms with E-state index in [1.165, 1.54) is 0 Å². The van der Waals surface area contributed by atoms with Crippen molar-refractivity contribution in [3.8, 4) is 0 Å². The number of nitrogens with one attached hydrogen (secondary N) is 1. The van der Waals surface area contributed by atoms with E-state index in [0.29, 0.717) is 38.6 Å². The van der Waals surface area contributed by atoms with Crippen molar-refractivity contribution < 1.29 is 22.8 Å². The first-order valence-corrected chi connectivity index (χ1v) is 7.97. The molecule has 3 rings (SSSR count). The number of aromatic nitrogens is 3. The summed E-state index contributed by atoms with van der Waals surface area (Å²) in [5.41, 5.74) is -1.47. The fraction of sp³-hybridized carbons (Fsp3) is 0.357. The highest BCUT2D eigenvalue weighted by molar-refractivity contribution is 6.33. The van der Waals surface area contributed by atoms with Gasteiger partial charge in [-0.2, -0.15) is 13.2 Å². The van der Waals surface area contributed by atoms with E-state index in [1.54, 1.807) is 4.90 Å². The predicted molar refractivity (Wildman–Crippen MR) is 89.3 cm³/mol. The van der Waals surface area contributed by atoms with Gasteiger partial charge in [0.1, 0.15) is 6.33 Å². The Kier molecular flexibility index (Phi) is 5.28. The fourth-order valence-electron chi connectivity index (χ4n) is 2.43. The zero-order valence-corrected chi connectivity index (χ0v) is 14.3. The molecule has 1 N–H and O–H groups in total. The number of hydrogen-bond acceptors (Lipinski definition) is 8. The van der Waals surface area contributed by atoms with Crippen LogP contribution in [-0.4, -0.2) is 46.2 Å². The molecule has 1 saturated heterocycles. The number of pyridine rings is 1. The van der Waals surface area contributed by atoms with Crippen LogP contribution >= 0.6 is 11.6 Å². The number of halogens is 4. The summed E-state index contributed by atoms with van der Waals surface area (Å²) in [4.78, 5) is 24.0. The average Bonchev–Trinajstić information content (AvgIpc) is 2.63. The maximum Gasteiger partial charge on any atom is 0.417 e. The van der Waals surface area contributed by atoms with Crippen LogP contribution in [0.4, 0.5) is 36.3 Å². The van der Waals surface area contributed by atoms with E-state index in [0.717, 1.165) is 6.33 Å². The van der Waals surface area contributed by atoms with Crippen molar-refractivity contribution in [3.63, 3.8) is 0 Å². The van der Waals surface area contributed by atoms with Crippen LogP contribution in [0.3, 0.4) is 0 Å². The van der Waals surface area contributed by atoms with Gasteiger partial charge in [0.25, 0.3) is 0 Å². The van der Waals surface area contributed by atoms with Crippen LogP contribution in [0.2, 0.25) is 5.02 Å². The normalized spacial score (nSPS) is 14.9. The highest BCUT2D eigenvalue weighted by atomic mass is 35.5. The maximum absolute atomic E-state index is 12.7. The summed E-state index contributed by atoms with van der Waals surface area (Å²) in [6.07, 6.45) is -2.93. The molecular weight excluding hydrogens is 393 g/mol. The van der Waals surface area contributed by atoms with Crippen molar-refractivity contribution in [2.24, 2.45) is 0 Å². The van der Waals surface area contributed by atoms with Crippen molar-refractivity contribution in [2.45, 2.75) is 6.18 Å². The van der Waals surface area contributed by atoms with E-state index in [4.69, 9.17) is 16.3 Å². The molecule has 0 spiro atoms. The third-order valence-corrected chi connectivity index (χ3v) is 3.99. The standard InChI is InChI=1S/C14H12ClF3N6O3/c15-9-5-8(14(16,17)18)6-19-11(9)22-12-10(24(25)26)13(21-7-20-12)23-1-3-27-4-2-23/h5-7H,1-4H2,(H,19,20,21,22). The molecule has 0 aromatic carbocycles. The van der Waals surface area contributed by atoms with Gasteiger partial charge < -0.3 is 15.0 Å². The first-order valence-electron chi connectivity index (χ1n) is 7.59. The summed E-state index contributed by atoms with van der Waals surface area (Å²) in [6, 6.07) is 0.673. The van der Waals surface area contributed by atoms with Gasteiger partial charge in [-0.25, -0.2) is 15.0 Å². The minimum absolute atomic E-state index is 0.0730. The molecule has 0 saturated carbocycles. The van der Waals surface area contributed by atoms with Crippen LogP contribution < -0.4 is 10.2 Å². The zero-order chi connectivity index (χ0) is 19.6. The minimum atomic E-state index is -4.61. The van der Waals surface area contributed by atoms with Gasteiger partial charge in [-0.05, 0) is 6.07 Å². The molecule has 0 atom stereocenters. The molecule has 1 aliphatic rings. The van der Waals surface area contributed by atoms with Crippen LogP contribution in [0.25, 0.3) is 0 Å². The van der Waals surface area contributed by atoms with Gasteiger partial charge in [-0.1, -0.05) is 11.6 Å². The van der Waals surface area contributed by atoms with Crippen LogP contribution in [0.5, 0.6) is 0 Å². The third kappa shape index (κ3) is 4.17. The lowest BCUT2D eigenvalue weighted by atomic mass is 10.2. The maximum atomic E-state index is 12.7. The quantitative estimate of drug-likeness (QED) is 0.612. The van der Waals surface area contributed by atoms with Crippen molar-refractivity contribution in [2.75, 3.05) is 36.5 Å². The van der Waals surface area contributed by atoms with Gasteiger partial charge >= 0.3 is 11.9 Å². The molecule has 2 aromatic heterocycles. The number of nitrogens with zero attached hydrogens (tertiary/aromatic N) is 5. The summed E-state index contributed by atoms with van der Waals surface area (Å²) in [7, 11) is 0. The van der Waals surface area contributed by atoms with E-state index in [-0.39, 0.29) is 22.5 Å². The topological polar surface area (TPSA) is 106 Å². The number of anilines is 3. The SMILES string of the molecule is O=[N+]([O-])c1c(Nc2ncc(C(F)(F)F)cc2Cl)ncnc1N1CCOCC1. The number of rotatable bonds is 4. The van der Waals surface area contributed by atoms with Crippen LogP contribution in [0.1, 0.15) is 5.56 Å². The summed E-state index contributed by atoms with van der Waals surface area (Å²) < 4.78 is 43.3. The molecule has 144 valence electrons. The third-order valence-electron chi connectivity index (χ3n) is 3.70. The molecule has 2 aromatic rings. The first kappa shape index (κ1) is 19.0. The van der Waals surface area contributed by atoms with Crippen LogP contribution in [-0.2, 0) is 10.9 Å². The minimum Gasteiger partial charge on any atom is -0.378 e. The highest BCUT2D eigenvalue weighted by Crippen LogP contribution is 2.36. The zero-order valence-electron chi connectivity index (χ0n) is 13.5. The Morgan fingerprint density at radius 2 is 1.93 bits per heavy atom. The largest absolute Gasteiger partial charge is 0.417 e. The van der Waals surface area contributed by atoms with Crippen molar-refractivity contribution in [3.05, 3.63) is 39.3 Å². The lowest BCUT2D eigenvalue weighted by Gasteiger charge is -2.27. The fourth-order valence-corrected chi connectivity index (χ4v) is 2.65. The second kappa shape index (κ2) is 7.48. The summed E-state index contributed by atoms with van der Waals surface area (Å²) in [6.45, 7) is 1.57. The molecular formula is C14H12ClF3N6O3. The average molecular weight is 405 g/mol. The van der Waals surface area contributed by atoms with Gasteiger partial charge in [0.05, 0.1) is 28.7 Å². The molecule has 13 heteroatoms. The smallest absolute Gasteiger partial charge is 0.378 e. The highest BCUT2D eigenvalue weighted by Gasteiger charge is 2.32. The van der Waals surface area contributed by atoms with Crippen molar-refractivity contribution in [1.82, 2.24) is 15.0 Å². The molecule has 1 aliphatic heterocycles.